The van der Waals surface area contributed by atoms with E-state index in [1.54, 1.807) is 0 Å². The summed E-state index contributed by atoms with van der Waals surface area (Å²) in [7, 11) is 0.434. The molecule has 0 saturated carbocycles. The maximum atomic E-state index is 11.7. The Labute approximate surface area is 128 Å². The van der Waals surface area contributed by atoms with Crippen LogP contribution in [0.2, 0.25) is 0 Å². The van der Waals surface area contributed by atoms with Gasteiger partial charge in [0.15, 0.2) is 0 Å². The maximum Gasteiger partial charge on any atom is 0.495 e. The van der Waals surface area contributed by atoms with Gasteiger partial charge in [-0.1, -0.05) is 0 Å². The van der Waals surface area contributed by atoms with Gasteiger partial charge in [0.2, 0.25) is 0 Å². The second kappa shape index (κ2) is 5.37. The van der Waals surface area contributed by atoms with Crippen LogP contribution in [0.5, 0.6) is 0 Å². The molecule has 1 aliphatic rings. The van der Waals surface area contributed by atoms with Crippen LogP contribution in [-0.2, 0) is 14.0 Å². The minimum atomic E-state index is -0.784. The fourth-order valence-corrected chi connectivity index (χ4v) is 2.09. The molecule has 0 amide bonds. The summed E-state index contributed by atoms with van der Waals surface area (Å²) in [4.78, 5) is 22.2. The van der Waals surface area contributed by atoms with Gasteiger partial charge >= 0.3 is 13.1 Å². The van der Waals surface area contributed by atoms with E-state index in [4.69, 9.17) is 9.31 Å². The summed E-state index contributed by atoms with van der Waals surface area (Å²) >= 11 is 0. The van der Waals surface area contributed by atoms with Crippen LogP contribution in [0.1, 0.15) is 38.1 Å². The van der Waals surface area contributed by atoms with Crippen LogP contribution in [0.4, 0.5) is 5.69 Å². The zero-order chi connectivity index (χ0) is 16.7. The highest BCUT2D eigenvalue weighted by atomic mass is 16.7. The maximum absolute atomic E-state index is 11.7. The molecule has 0 atom stereocenters. The van der Waals surface area contributed by atoms with E-state index in [2.05, 4.69) is 4.74 Å². The standard InChI is InChI=1S/C14H18BNO6/c1-13(2)14(3,4)22-15(21-13)10-6-9(12(17)20-5)7-11(8-10)16(18)19/h6-8H,1-5H3. The first-order chi connectivity index (χ1) is 10.1. The molecule has 1 saturated heterocycles. The molecule has 22 heavy (non-hydrogen) atoms. The Morgan fingerprint density at radius 2 is 1.73 bits per heavy atom. The quantitative estimate of drug-likeness (QED) is 0.365. The lowest BCUT2D eigenvalue weighted by atomic mass is 9.78. The van der Waals surface area contributed by atoms with Crippen LogP contribution in [0, 0.1) is 10.1 Å². The highest BCUT2D eigenvalue weighted by Gasteiger charge is 2.52. The lowest BCUT2D eigenvalue weighted by Gasteiger charge is -2.32. The number of hydrogen-bond donors (Lipinski definition) is 0. The first-order valence-corrected chi connectivity index (χ1v) is 6.81. The van der Waals surface area contributed by atoms with Gasteiger partial charge in [0.25, 0.3) is 5.69 Å². The van der Waals surface area contributed by atoms with E-state index in [1.165, 1.54) is 25.3 Å². The van der Waals surface area contributed by atoms with Crippen LogP contribution in [-0.4, -0.2) is 36.3 Å². The molecule has 1 aliphatic heterocycles. The number of rotatable bonds is 3. The molecule has 7 nitrogen and oxygen atoms in total. The molecule has 0 spiro atoms. The van der Waals surface area contributed by atoms with Crippen LogP contribution >= 0.6 is 0 Å². The Morgan fingerprint density at radius 1 is 1.18 bits per heavy atom. The number of non-ortho nitro benzene ring substituents is 1. The molecule has 0 unspecified atom stereocenters. The Bertz CT molecular complexity index is 612. The van der Waals surface area contributed by atoms with Gasteiger partial charge in [-0.15, -0.1) is 0 Å². The molecule has 0 bridgehead atoms. The molecule has 1 heterocycles. The minimum absolute atomic E-state index is 0.0846. The van der Waals surface area contributed by atoms with Crippen molar-refractivity contribution in [2.45, 2.75) is 38.9 Å². The number of esters is 1. The Balaban J connectivity index is 2.45. The summed E-state index contributed by atoms with van der Waals surface area (Å²) in [5.74, 6) is -0.651. The van der Waals surface area contributed by atoms with E-state index in [0.29, 0.717) is 5.46 Å². The summed E-state index contributed by atoms with van der Waals surface area (Å²) in [5, 5.41) is 11.1. The number of nitro groups is 1. The van der Waals surface area contributed by atoms with Crippen molar-refractivity contribution < 1.29 is 23.8 Å². The molecule has 118 valence electrons. The van der Waals surface area contributed by atoms with Crippen molar-refractivity contribution in [3.8, 4) is 0 Å². The second-order valence-electron chi connectivity index (χ2n) is 6.15. The average Bonchev–Trinajstić information content (AvgIpc) is 2.66. The summed E-state index contributed by atoms with van der Waals surface area (Å²) < 4.78 is 16.3. The van der Waals surface area contributed by atoms with Gasteiger partial charge in [0.05, 0.1) is 28.8 Å². The molecule has 0 aromatic heterocycles. The summed E-state index contributed by atoms with van der Waals surface area (Å²) in [6.45, 7) is 7.52. The third kappa shape index (κ3) is 2.84. The molecule has 1 aromatic carbocycles. The van der Waals surface area contributed by atoms with E-state index in [-0.39, 0.29) is 11.3 Å². The Kier molecular flexibility index (Phi) is 4.01. The monoisotopic (exact) mass is 307 g/mol. The molecule has 0 aliphatic carbocycles. The molecular weight excluding hydrogens is 289 g/mol. The predicted molar refractivity (Wildman–Crippen MR) is 80.2 cm³/mol. The van der Waals surface area contributed by atoms with Gasteiger partial charge in [-0.3, -0.25) is 10.1 Å². The van der Waals surface area contributed by atoms with Crippen molar-refractivity contribution in [1.29, 1.82) is 0 Å². The van der Waals surface area contributed by atoms with Gasteiger partial charge in [0, 0.05) is 12.1 Å². The number of carbonyl (C=O) groups excluding carboxylic acids is 1. The Hall–Kier alpha value is -1.93. The molecule has 2 rings (SSSR count). The normalized spacial score (nSPS) is 19.0. The molecular formula is C14H18BNO6. The van der Waals surface area contributed by atoms with Gasteiger partial charge in [-0.25, -0.2) is 4.79 Å². The van der Waals surface area contributed by atoms with Crippen molar-refractivity contribution in [2.75, 3.05) is 7.11 Å². The van der Waals surface area contributed by atoms with Gasteiger partial charge in [-0.2, -0.15) is 0 Å². The van der Waals surface area contributed by atoms with Gasteiger partial charge < -0.3 is 14.0 Å². The fourth-order valence-electron chi connectivity index (χ4n) is 2.09. The Morgan fingerprint density at radius 3 is 2.18 bits per heavy atom. The highest BCUT2D eigenvalue weighted by Crippen LogP contribution is 2.36. The largest absolute Gasteiger partial charge is 0.495 e. The fraction of sp³-hybridized carbons (Fsp3) is 0.500. The SMILES string of the molecule is COC(=O)c1cc(B2OC(C)(C)C(C)(C)O2)cc([N+](=O)[O-])c1. The van der Waals surface area contributed by atoms with Crippen LogP contribution in [0.15, 0.2) is 18.2 Å². The second-order valence-corrected chi connectivity index (χ2v) is 6.15. The number of methoxy groups -OCH3 is 1. The zero-order valence-corrected chi connectivity index (χ0v) is 13.2. The van der Waals surface area contributed by atoms with Crippen molar-refractivity contribution in [1.82, 2.24) is 0 Å². The summed E-state index contributed by atoms with van der Waals surface area (Å²) in [6, 6.07) is 4.00. The third-order valence-electron chi connectivity index (χ3n) is 4.10. The molecule has 8 heteroatoms. The number of nitro benzene ring substituents is 1. The number of hydrogen-bond acceptors (Lipinski definition) is 6. The van der Waals surface area contributed by atoms with Crippen LogP contribution in [0.3, 0.4) is 0 Å². The van der Waals surface area contributed by atoms with Crippen molar-refractivity contribution >= 4 is 24.2 Å². The highest BCUT2D eigenvalue weighted by molar-refractivity contribution is 6.62. The number of ether oxygens (including phenoxy) is 1. The van der Waals surface area contributed by atoms with Crippen molar-refractivity contribution in [3.63, 3.8) is 0 Å². The molecule has 0 radical (unpaired) electrons. The van der Waals surface area contributed by atoms with E-state index in [1.807, 2.05) is 27.7 Å². The van der Waals surface area contributed by atoms with Gasteiger partial charge in [0.1, 0.15) is 0 Å². The lowest BCUT2D eigenvalue weighted by Crippen LogP contribution is -2.41. The number of carbonyl (C=O) groups is 1. The third-order valence-corrected chi connectivity index (χ3v) is 4.10. The lowest BCUT2D eigenvalue weighted by molar-refractivity contribution is -0.384. The zero-order valence-electron chi connectivity index (χ0n) is 13.2. The topological polar surface area (TPSA) is 87.9 Å². The minimum Gasteiger partial charge on any atom is -0.465 e. The van der Waals surface area contributed by atoms with E-state index >= 15 is 0 Å². The predicted octanol–water partition coefficient (Wildman–Crippen LogP) is 1.68. The molecule has 1 fully saturated rings. The van der Waals surface area contributed by atoms with Crippen molar-refractivity contribution in [3.05, 3.63) is 33.9 Å². The van der Waals surface area contributed by atoms with Gasteiger partial charge in [-0.05, 0) is 39.2 Å². The summed E-state index contributed by atoms with van der Waals surface area (Å²) in [6.07, 6.45) is 0. The first kappa shape index (κ1) is 16.4. The summed E-state index contributed by atoms with van der Waals surface area (Å²) in [5.41, 5.74) is -0.871. The number of nitrogens with zero attached hydrogens (tertiary/aromatic N) is 1. The van der Waals surface area contributed by atoms with Crippen molar-refractivity contribution in [2.24, 2.45) is 0 Å². The van der Waals surface area contributed by atoms with Crippen LogP contribution in [0.25, 0.3) is 0 Å². The van der Waals surface area contributed by atoms with E-state index in [9.17, 15) is 14.9 Å². The van der Waals surface area contributed by atoms with Crippen LogP contribution < -0.4 is 5.46 Å². The first-order valence-electron chi connectivity index (χ1n) is 6.81. The van der Waals surface area contributed by atoms with E-state index in [0.717, 1.165) is 0 Å². The smallest absolute Gasteiger partial charge is 0.465 e. The molecule has 0 N–H and O–H groups in total. The molecule has 1 aromatic rings. The number of benzene rings is 1. The average molecular weight is 307 g/mol. The van der Waals surface area contributed by atoms with E-state index < -0.39 is 29.2 Å².